The van der Waals surface area contributed by atoms with Crippen molar-refractivity contribution in [2.45, 2.75) is 6.92 Å². The van der Waals surface area contributed by atoms with Crippen molar-refractivity contribution < 1.29 is 4.42 Å². The second-order valence-electron chi connectivity index (χ2n) is 13.6. The van der Waals surface area contributed by atoms with Gasteiger partial charge in [0.1, 0.15) is 5.58 Å². The van der Waals surface area contributed by atoms with Crippen LogP contribution in [-0.2, 0) is 0 Å². The molecular formula is C51H38N2O. The van der Waals surface area contributed by atoms with E-state index in [-0.39, 0.29) is 0 Å². The van der Waals surface area contributed by atoms with E-state index in [9.17, 15) is 0 Å². The van der Waals surface area contributed by atoms with Gasteiger partial charge in [0.2, 0.25) is 0 Å². The molecule has 3 heteroatoms. The Morgan fingerprint density at radius 3 is 1.91 bits per heavy atom. The van der Waals surface area contributed by atoms with Crippen molar-refractivity contribution in [3.05, 3.63) is 211 Å². The van der Waals surface area contributed by atoms with Gasteiger partial charge in [-0.2, -0.15) is 0 Å². The van der Waals surface area contributed by atoms with Gasteiger partial charge in [0.15, 0.2) is 5.42 Å². The maximum atomic E-state index is 6.74. The summed E-state index contributed by atoms with van der Waals surface area (Å²) >= 11 is 0. The summed E-state index contributed by atoms with van der Waals surface area (Å²) in [5, 5.41) is 4.50. The molecule has 0 aliphatic carbocycles. The van der Waals surface area contributed by atoms with Crippen molar-refractivity contribution in [2.24, 2.45) is 0 Å². The van der Waals surface area contributed by atoms with Crippen LogP contribution in [0.2, 0.25) is 0 Å². The van der Waals surface area contributed by atoms with Gasteiger partial charge >= 0.3 is 0 Å². The van der Waals surface area contributed by atoms with E-state index in [1.807, 2.05) is 37.3 Å². The van der Waals surface area contributed by atoms with E-state index in [0.717, 1.165) is 72.2 Å². The van der Waals surface area contributed by atoms with Crippen molar-refractivity contribution in [1.82, 2.24) is 4.57 Å². The Morgan fingerprint density at radius 2 is 1.20 bits per heavy atom. The van der Waals surface area contributed by atoms with Crippen LogP contribution >= 0.6 is 0 Å². The summed E-state index contributed by atoms with van der Waals surface area (Å²) in [5.74, 6) is 0. The number of anilines is 2. The van der Waals surface area contributed by atoms with E-state index in [4.69, 9.17) is 4.42 Å². The Bertz CT molecular complexity index is 2930. The molecule has 0 atom stereocenters. The zero-order chi connectivity index (χ0) is 36.6. The number of aromatic nitrogens is 1. The molecule has 2 heterocycles. The van der Waals surface area contributed by atoms with E-state index in [1.165, 1.54) is 21.8 Å². The molecular weight excluding hydrogens is 657 g/mol. The van der Waals surface area contributed by atoms with Crippen LogP contribution < -0.4 is 15.5 Å². The van der Waals surface area contributed by atoms with Gasteiger partial charge in [-0.05, 0) is 84.3 Å². The normalized spacial score (nSPS) is 12.4. The number of allylic oxidation sites excluding steroid dienone is 1. The molecule has 0 unspecified atom stereocenters. The van der Waals surface area contributed by atoms with Crippen molar-refractivity contribution in [1.29, 1.82) is 0 Å². The van der Waals surface area contributed by atoms with Gasteiger partial charge in [0.05, 0.1) is 22.4 Å². The fourth-order valence-corrected chi connectivity index (χ4v) is 7.70. The Morgan fingerprint density at radius 1 is 0.593 bits per heavy atom. The largest absolute Gasteiger partial charge is 0.454 e. The van der Waals surface area contributed by atoms with E-state index in [2.05, 4.69) is 180 Å². The lowest BCUT2D eigenvalue weighted by Gasteiger charge is -2.28. The molecule has 0 spiro atoms. The second kappa shape index (κ2) is 13.8. The highest BCUT2D eigenvalue weighted by Crippen LogP contribution is 2.40. The molecule has 258 valence electrons. The Hall–Kier alpha value is -7.10. The van der Waals surface area contributed by atoms with Crippen LogP contribution in [0.1, 0.15) is 6.92 Å². The molecule has 0 aliphatic heterocycles. The summed E-state index contributed by atoms with van der Waals surface area (Å²) in [6.45, 7) is 10.6. The molecule has 0 fully saturated rings. The highest BCUT2D eigenvalue weighted by atomic mass is 16.3. The first kappa shape index (κ1) is 32.8. The number of rotatable bonds is 8. The summed E-state index contributed by atoms with van der Waals surface area (Å²) in [7, 11) is 0. The molecule has 2 aromatic heterocycles. The molecule has 0 saturated heterocycles. The maximum absolute atomic E-state index is 6.74. The minimum absolute atomic E-state index is 0.732. The third-order valence-corrected chi connectivity index (χ3v) is 10.1. The smallest absolute Gasteiger partial charge is 0.159 e. The van der Waals surface area contributed by atoms with Crippen LogP contribution in [0, 0.1) is 0 Å². The SMILES string of the molecule is C=C/C(=c1/oc2ccccc2/c1=C/C(=C)C)N(c1cccc(-c2ccccc2)c1)c1ccccc1-c1ccc(-n2c3ccccc3c3ccccc32)cc1. The first-order valence-corrected chi connectivity index (χ1v) is 18.2. The molecule has 0 bridgehead atoms. The molecule has 9 rings (SSSR count). The third-order valence-electron chi connectivity index (χ3n) is 10.1. The highest BCUT2D eigenvalue weighted by molar-refractivity contribution is 6.09. The average molecular weight is 695 g/mol. The van der Waals surface area contributed by atoms with E-state index in [1.54, 1.807) is 0 Å². The maximum Gasteiger partial charge on any atom is 0.159 e. The summed E-state index contributed by atoms with van der Waals surface area (Å²) in [6.07, 6.45) is 4.01. The summed E-state index contributed by atoms with van der Waals surface area (Å²) in [4.78, 5) is 2.28. The number of benzene rings is 7. The number of fused-ring (bicyclic) bond motifs is 4. The second-order valence-corrected chi connectivity index (χ2v) is 13.6. The summed E-state index contributed by atoms with van der Waals surface area (Å²) in [6, 6.07) is 62.1. The van der Waals surface area contributed by atoms with Gasteiger partial charge in [-0.3, -0.25) is 0 Å². The molecule has 0 saturated carbocycles. The molecule has 0 amide bonds. The van der Waals surface area contributed by atoms with E-state index >= 15 is 0 Å². The van der Waals surface area contributed by atoms with Crippen LogP contribution in [0.25, 0.3) is 72.5 Å². The average Bonchev–Trinajstić information content (AvgIpc) is 3.75. The van der Waals surface area contributed by atoms with Gasteiger partial charge in [-0.1, -0.05) is 146 Å². The van der Waals surface area contributed by atoms with Crippen LogP contribution in [0.15, 0.2) is 205 Å². The van der Waals surface area contributed by atoms with E-state index < -0.39 is 0 Å². The molecule has 9 aromatic rings. The topological polar surface area (TPSA) is 21.3 Å². The van der Waals surface area contributed by atoms with Crippen molar-refractivity contribution in [2.75, 3.05) is 4.90 Å². The zero-order valence-corrected chi connectivity index (χ0v) is 30.1. The molecule has 3 nitrogen and oxygen atoms in total. The van der Waals surface area contributed by atoms with Gasteiger partial charge in [0.25, 0.3) is 0 Å². The molecule has 0 N–H and O–H groups in total. The highest BCUT2D eigenvalue weighted by Gasteiger charge is 2.21. The molecule has 7 aromatic carbocycles. The van der Waals surface area contributed by atoms with Gasteiger partial charge in [-0.15, -0.1) is 0 Å². The Kier molecular flexibility index (Phi) is 8.38. The first-order valence-electron chi connectivity index (χ1n) is 18.2. The summed E-state index contributed by atoms with van der Waals surface area (Å²) < 4.78 is 9.09. The predicted molar refractivity (Wildman–Crippen MR) is 229 cm³/mol. The first-order chi connectivity index (χ1) is 26.6. The number of hydrogen-bond donors (Lipinski definition) is 0. The Labute approximate surface area is 315 Å². The standard InChI is InChI=1S/C51H38N2O/c1-4-46(51-45(33-35(2)3)44-24-11-15-28-50(44)54-51)53(40-20-16-19-38(34-40)36-17-6-5-7-18-36)47-25-12-8-21-41(47)37-29-31-39(32-30-37)52-48-26-13-9-22-42(48)43-23-10-14-27-49(43)52/h4-34H,1-2H2,3H3/b45-33-,51-46-. The predicted octanol–water partition coefficient (Wildman–Crippen LogP) is 12.4. The minimum Gasteiger partial charge on any atom is -0.454 e. The monoisotopic (exact) mass is 694 g/mol. The summed E-state index contributed by atoms with van der Waals surface area (Å²) in [5.41, 5.74) is 13.2. The number of para-hydroxylation sites is 4. The van der Waals surface area contributed by atoms with Crippen LogP contribution in [0.5, 0.6) is 0 Å². The quantitative estimate of drug-likeness (QED) is 0.158. The van der Waals surface area contributed by atoms with Crippen molar-refractivity contribution in [3.63, 3.8) is 0 Å². The zero-order valence-electron chi connectivity index (χ0n) is 30.1. The lowest BCUT2D eigenvalue weighted by atomic mass is 10.00. The fourth-order valence-electron chi connectivity index (χ4n) is 7.70. The number of furan rings is 1. The number of hydrogen-bond acceptors (Lipinski definition) is 2. The fraction of sp³-hybridized carbons (Fsp3) is 0.0196. The van der Waals surface area contributed by atoms with Crippen LogP contribution in [-0.4, -0.2) is 4.57 Å². The lowest BCUT2D eigenvalue weighted by Crippen LogP contribution is -2.30. The lowest BCUT2D eigenvalue weighted by molar-refractivity contribution is 0.571. The number of nitrogens with zero attached hydrogens (tertiary/aromatic N) is 2. The van der Waals surface area contributed by atoms with Crippen LogP contribution in [0.4, 0.5) is 11.4 Å². The molecule has 0 radical (unpaired) electrons. The van der Waals surface area contributed by atoms with Gasteiger partial charge in [-0.25, -0.2) is 0 Å². The van der Waals surface area contributed by atoms with Crippen LogP contribution in [0.3, 0.4) is 0 Å². The van der Waals surface area contributed by atoms with Crippen molar-refractivity contribution >= 4 is 55.9 Å². The molecule has 54 heavy (non-hydrogen) atoms. The molecule has 0 aliphatic rings. The van der Waals surface area contributed by atoms with Gasteiger partial charge < -0.3 is 13.9 Å². The third kappa shape index (κ3) is 5.73. The van der Waals surface area contributed by atoms with Gasteiger partial charge in [0, 0.05) is 38.3 Å². The van der Waals surface area contributed by atoms with E-state index in [0.29, 0.717) is 0 Å². The van der Waals surface area contributed by atoms with Crippen molar-refractivity contribution in [3.8, 4) is 27.9 Å². The Balaban J connectivity index is 1.27. The minimum atomic E-state index is 0.732.